The van der Waals surface area contributed by atoms with Gasteiger partial charge in [-0.1, -0.05) is 13.8 Å². The lowest BCUT2D eigenvalue weighted by molar-refractivity contribution is 0.271. The first-order chi connectivity index (χ1) is 7.61. The molecule has 2 N–H and O–H groups in total. The van der Waals surface area contributed by atoms with Crippen LogP contribution in [0, 0.1) is 0 Å². The van der Waals surface area contributed by atoms with Gasteiger partial charge in [-0.3, -0.25) is 0 Å². The summed E-state index contributed by atoms with van der Waals surface area (Å²) < 4.78 is 28.2. The number of rotatable bonds is 6. The van der Waals surface area contributed by atoms with E-state index in [1.54, 1.807) is 4.31 Å². The summed E-state index contributed by atoms with van der Waals surface area (Å²) in [6.45, 7) is 6.66. The van der Waals surface area contributed by atoms with Gasteiger partial charge in [0.2, 0.25) is 0 Å². The van der Waals surface area contributed by atoms with E-state index in [1.165, 1.54) is 0 Å². The Hall–Kier alpha value is -0.170. The third-order valence-electron chi connectivity index (χ3n) is 2.83. The molecular formula is C10H23N3O2S. The zero-order valence-corrected chi connectivity index (χ0v) is 11.0. The van der Waals surface area contributed by atoms with E-state index in [-0.39, 0.29) is 6.04 Å². The topological polar surface area (TPSA) is 61.4 Å². The molecule has 1 heterocycles. The van der Waals surface area contributed by atoms with Crippen molar-refractivity contribution >= 4 is 10.2 Å². The van der Waals surface area contributed by atoms with Crippen LogP contribution in [-0.4, -0.2) is 44.9 Å². The summed E-state index contributed by atoms with van der Waals surface area (Å²) >= 11 is 0. The van der Waals surface area contributed by atoms with Crippen LogP contribution < -0.4 is 10.0 Å². The first-order valence-corrected chi connectivity index (χ1v) is 7.53. The standard InChI is InChI=1S/C10H23N3O2S/c1-3-7-12-16(14,15)13(4-2)10-6-5-8-11-9-10/h10-12H,3-9H2,1-2H3. The molecule has 1 aliphatic rings. The third kappa shape index (κ3) is 3.69. The minimum atomic E-state index is -3.29. The number of likely N-dealkylation sites (N-methyl/N-ethyl adjacent to an activating group) is 1. The smallest absolute Gasteiger partial charge is 0.279 e. The largest absolute Gasteiger partial charge is 0.315 e. The number of hydrogen-bond donors (Lipinski definition) is 2. The van der Waals surface area contributed by atoms with Crippen molar-refractivity contribution in [2.24, 2.45) is 0 Å². The second-order valence-corrected chi connectivity index (χ2v) is 5.81. The molecule has 1 rings (SSSR count). The summed E-state index contributed by atoms with van der Waals surface area (Å²) in [7, 11) is -3.29. The van der Waals surface area contributed by atoms with Crippen LogP contribution in [-0.2, 0) is 10.2 Å². The van der Waals surface area contributed by atoms with Gasteiger partial charge >= 0.3 is 0 Å². The zero-order chi connectivity index (χ0) is 12.0. The Bertz CT molecular complexity index is 286. The van der Waals surface area contributed by atoms with Crippen LogP contribution in [0.4, 0.5) is 0 Å². The average molecular weight is 249 g/mol. The van der Waals surface area contributed by atoms with Gasteiger partial charge in [0.05, 0.1) is 0 Å². The summed E-state index contributed by atoms with van der Waals surface area (Å²) in [5, 5.41) is 3.24. The molecule has 1 saturated heterocycles. The molecule has 0 bridgehead atoms. The molecule has 0 spiro atoms. The molecule has 1 unspecified atom stereocenters. The van der Waals surface area contributed by atoms with Gasteiger partial charge in [-0.05, 0) is 25.8 Å². The Balaban J connectivity index is 2.64. The normalized spacial score (nSPS) is 22.6. The van der Waals surface area contributed by atoms with Gasteiger partial charge in [0.25, 0.3) is 10.2 Å². The van der Waals surface area contributed by atoms with Crippen molar-refractivity contribution in [1.29, 1.82) is 0 Å². The SMILES string of the molecule is CCCNS(=O)(=O)N(CC)C1CCCNC1. The third-order valence-corrected chi connectivity index (χ3v) is 4.58. The number of piperidine rings is 1. The van der Waals surface area contributed by atoms with E-state index in [1.807, 2.05) is 13.8 Å². The highest BCUT2D eigenvalue weighted by molar-refractivity contribution is 7.87. The van der Waals surface area contributed by atoms with E-state index in [4.69, 9.17) is 0 Å². The fraction of sp³-hybridized carbons (Fsp3) is 1.00. The van der Waals surface area contributed by atoms with E-state index >= 15 is 0 Å². The summed E-state index contributed by atoms with van der Waals surface area (Å²) in [4.78, 5) is 0. The molecule has 0 saturated carbocycles. The summed E-state index contributed by atoms with van der Waals surface area (Å²) in [5.41, 5.74) is 0. The maximum Gasteiger partial charge on any atom is 0.279 e. The zero-order valence-electron chi connectivity index (χ0n) is 10.2. The summed E-state index contributed by atoms with van der Waals surface area (Å²) in [6, 6.07) is 0.105. The Morgan fingerprint density at radius 3 is 2.69 bits per heavy atom. The maximum absolute atomic E-state index is 12.0. The quantitative estimate of drug-likeness (QED) is 0.712. The summed E-state index contributed by atoms with van der Waals surface area (Å²) in [5.74, 6) is 0. The lowest BCUT2D eigenvalue weighted by Crippen LogP contribution is -2.52. The molecule has 1 atom stereocenters. The van der Waals surface area contributed by atoms with Gasteiger partial charge in [-0.2, -0.15) is 12.7 Å². The second-order valence-electron chi connectivity index (χ2n) is 4.10. The molecule has 0 radical (unpaired) electrons. The van der Waals surface area contributed by atoms with Crippen LogP contribution in [0.3, 0.4) is 0 Å². The van der Waals surface area contributed by atoms with Gasteiger partial charge in [0, 0.05) is 25.7 Å². The highest BCUT2D eigenvalue weighted by Gasteiger charge is 2.28. The number of nitrogens with one attached hydrogen (secondary N) is 2. The fourth-order valence-electron chi connectivity index (χ4n) is 2.02. The van der Waals surface area contributed by atoms with Crippen molar-refractivity contribution in [3.63, 3.8) is 0 Å². The van der Waals surface area contributed by atoms with Crippen molar-refractivity contribution in [2.45, 2.75) is 39.2 Å². The lowest BCUT2D eigenvalue weighted by atomic mass is 10.1. The van der Waals surface area contributed by atoms with Crippen molar-refractivity contribution in [3.05, 3.63) is 0 Å². The maximum atomic E-state index is 12.0. The van der Waals surface area contributed by atoms with Crippen LogP contribution >= 0.6 is 0 Å². The Morgan fingerprint density at radius 2 is 2.19 bits per heavy atom. The minimum Gasteiger partial charge on any atom is -0.315 e. The Labute approximate surface area is 98.8 Å². The van der Waals surface area contributed by atoms with Gasteiger partial charge in [0.15, 0.2) is 0 Å². The van der Waals surface area contributed by atoms with Crippen LogP contribution in [0.15, 0.2) is 0 Å². The molecule has 0 aromatic rings. The lowest BCUT2D eigenvalue weighted by Gasteiger charge is -2.32. The van der Waals surface area contributed by atoms with Gasteiger partial charge < -0.3 is 5.32 Å². The molecule has 1 aliphatic heterocycles. The van der Waals surface area contributed by atoms with Crippen molar-refractivity contribution in [1.82, 2.24) is 14.3 Å². The van der Waals surface area contributed by atoms with Gasteiger partial charge in [-0.25, -0.2) is 4.72 Å². The number of hydrogen-bond acceptors (Lipinski definition) is 3. The highest BCUT2D eigenvalue weighted by atomic mass is 32.2. The van der Waals surface area contributed by atoms with Gasteiger partial charge in [0.1, 0.15) is 0 Å². The van der Waals surface area contributed by atoms with E-state index in [0.717, 1.165) is 32.4 Å². The molecular weight excluding hydrogens is 226 g/mol. The van der Waals surface area contributed by atoms with Crippen LogP contribution in [0.25, 0.3) is 0 Å². The summed E-state index contributed by atoms with van der Waals surface area (Å²) in [6.07, 6.45) is 2.82. The van der Waals surface area contributed by atoms with Crippen LogP contribution in [0.5, 0.6) is 0 Å². The molecule has 0 aromatic heterocycles. The molecule has 6 heteroatoms. The van der Waals surface area contributed by atoms with Crippen molar-refractivity contribution in [3.8, 4) is 0 Å². The predicted octanol–water partition coefficient (Wildman–Crippen LogP) is 0.305. The van der Waals surface area contributed by atoms with Crippen molar-refractivity contribution in [2.75, 3.05) is 26.2 Å². The first-order valence-electron chi connectivity index (χ1n) is 6.09. The fourth-order valence-corrected chi connectivity index (χ4v) is 3.56. The predicted molar refractivity (Wildman–Crippen MR) is 65.5 cm³/mol. The van der Waals surface area contributed by atoms with E-state index in [9.17, 15) is 8.42 Å². The number of nitrogens with zero attached hydrogens (tertiary/aromatic N) is 1. The van der Waals surface area contributed by atoms with E-state index < -0.39 is 10.2 Å². The first kappa shape index (κ1) is 13.9. The van der Waals surface area contributed by atoms with E-state index in [2.05, 4.69) is 10.0 Å². The molecule has 16 heavy (non-hydrogen) atoms. The monoisotopic (exact) mass is 249 g/mol. The average Bonchev–Trinajstić information content (AvgIpc) is 2.28. The molecule has 0 aromatic carbocycles. The van der Waals surface area contributed by atoms with Crippen molar-refractivity contribution < 1.29 is 8.42 Å². The molecule has 5 nitrogen and oxygen atoms in total. The molecule has 1 fully saturated rings. The van der Waals surface area contributed by atoms with Crippen LogP contribution in [0.2, 0.25) is 0 Å². The van der Waals surface area contributed by atoms with Crippen LogP contribution in [0.1, 0.15) is 33.1 Å². The highest BCUT2D eigenvalue weighted by Crippen LogP contribution is 2.13. The van der Waals surface area contributed by atoms with E-state index in [0.29, 0.717) is 13.1 Å². The Kier molecular flexibility index (Phi) is 5.68. The minimum absolute atomic E-state index is 0.105. The second kappa shape index (κ2) is 6.54. The molecule has 0 amide bonds. The Morgan fingerprint density at radius 1 is 1.44 bits per heavy atom. The molecule has 0 aliphatic carbocycles. The van der Waals surface area contributed by atoms with Gasteiger partial charge in [-0.15, -0.1) is 0 Å². The molecule has 96 valence electrons.